The zero-order valence-corrected chi connectivity index (χ0v) is 31.7. The molecule has 1 aromatic heterocycles. The Hall–Kier alpha value is -6.93. The van der Waals surface area contributed by atoms with Crippen LogP contribution in [-0.4, -0.2) is 4.57 Å². The molecule has 0 N–H and O–H groups in total. The van der Waals surface area contributed by atoms with Crippen LogP contribution >= 0.6 is 7.14 Å². The van der Waals surface area contributed by atoms with E-state index in [0.29, 0.717) is 0 Å². The summed E-state index contributed by atoms with van der Waals surface area (Å²) in [5.41, 5.74) is 9.89. The molecule has 0 amide bonds. The Morgan fingerprint density at radius 2 is 0.982 bits per heavy atom. The summed E-state index contributed by atoms with van der Waals surface area (Å²) in [4.78, 5) is 0. The maximum atomic E-state index is 15.4. The van der Waals surface area contributed by atoms with Crippen molar-refractivity contribution in [3.8, 4) is 28.3 Å². The fraction of sp³-hybridized carbons (Fsp3) is 0.0189. The molecule has 2 heterocycles. The van der Waals surface area contributed by atoms with Gasteiger partial charge in [0, 0.05) is 43.5 Å². The zero-order valence-electron chi connectivity index (χ0n) is 30.8. The highest BCUT2D eigenvalue weighted by atomic mass is 31.2. The van der Waals surface area contributed by atoms with E-state index >= 15 is 4.57 Å². The van der Waals surface area contributed by atoms with Gasteiger partial charge in [-0.15, -0.1) is 0 Å². The Labute approximate surface area is 330 Å². The molecular formula is C53H34NO2P. The normalized spacial score (nSPS) is 13.6. The maximum Gasteiger partial charge on any atom is 0.171 e. The number of hydrogen-bond acceptors (Lipinski definition) is 2. The van der Waals surface area contributed by atoms with Crippen molar-refractivity contribution < 1.29 is 9.30 Å². The van der Waals surface area contributed by atoms with Gasteiger partial charge < -0.3 is 13.9 Å². The van der Waals surface area contributed by atoms with Crippen molar-refractivity contribution in [2.45, 2.75) is 5.41 Å². The van der Waals surface area contributed by atoms with E-state index in [1.165, 1.54) is 38.4 Å². The third-order valence-corrected chi connectivity index (χ3v) is 15.4. The van der Waals surface area contributed by atoms with Gasteiger partial charge in [-0.3, -0.25) is 0 Å². The van der Waals surface area contributed by atoms with Gasteiger partial charge in [-0.05, 0) is 81.6 Å². The predicted octanol–water partition coefficient (Wildman–Crippen LogP) is 12.0. The number of rotatable bonds is 4. The fourth-order valence-corrected chi connectivity index (χ4v) is 12.6. The van der Waals surface area contributed by atoms with Crippen LogP contribution in [0.4, 0.5) is 0 Å². The summed E-state index contributed by atoms with van der Waals surface area (Å²) in [6, 6.07) is 72.2. The van der Waals surface area contributed by atoms with E-state index in [9.17, 15) is 0 Å². The molecule has 1 aliphatic heterocycles. The predicted molar refractivity (Wildman–Crippen MR) is 235 cm³/mol. The van der Waals surface area contributed by atoms with Crippen molar-refractivity contribution >= 4 is 55.6 Å². The van der Waals surface area contributed by atoms with E-state index in [2.05, 4.69) is 150 Å². The van der Waals surface area contributed by atoms with Crippen molar-refractivity contribution in [3.05, 3.63) is 229 Å². The van der Waals surface area contributed by atoms with Gasteiger partial charge in [-0.1, -0.05) is 158 Å². The van der Waals surface area contributed by atoms with Gasteiger partial charge in [0.05, 0.1) is 16.4 Å². The molecule has 57 heavy (non-hydrogen) atoms. The Kier molecular flexibility index (Phi) is 6.82. The Morgan fingerprint density at radius 1 is 0.421 bits per heavy atom. The van der Waals surface area contributed by atoms with Gasteiger partial charge >= 0.3 is 0 Å². The van der Waals surface area contributed by atoms with Crippen LogP contribution < -0.4 is 20.7 Å². The van der Waals surface area contributed by atoms with Crippen LogP contribution in [-0.2, 0) is 9.98 Å². The van der Waals surface area contributed by atoms with Crippen molar-refractivity contribution in [2.75, 3.05) is 0 Å². The number of benzene rings is 9. The van der Waals surface area contributed by atoms with Crippen LogP contribution in [0.5, 0.6) is 11.5 Å². The SMILES string of the molecule is O=P(c1ccccc1)(c1ccccc1)c1ccc(-n2c3cc4c(cc3c3c5ccccc5ccc32)Oc2ccccc2C42c3ccccc3-c3ccccc32)cc1. The molecule has 9 aromatic carbocycles. The second-order valence-corrected chi connectivity index (χ2v) is 17.9. The van der Waals surface area contributed by atoms with Crippen LogP contribution in [0.15, 0.2) is 206 Å². The van der Waals surface area contributed by atoms with Gasteiger partial charge in [0.15, 0.2) is 7.14 Å². The third kappa shape index (κ3) is 4.35. The molecule has 0 saturated heterocycles. The van der Waals surface area contributed by atoms with Gasteiger partial charge in [0.25, 0.3) is 0 Å². The standard InChI is InChI=1S/C53H34NO2P/c55-57(37-16-3-1-4-17-37,38-18-5-2-6-19-38)39-30-28-36(29-31-39)54-48-32-27-35-15-7-8-20-40(35)52(48)43-33-51-47(34-49(43)54)53(46-25-13-14-26-50(46)56-51)44-23-11-9-21-41(44)42-22-10-12-24-45(42)53/h1-34H. The minimum atomic E-state index is -3.16. The molecule has 0 radical (unpaired) electrons. The van der Waals surface area contributed by atoms with Crippen molar-refractivity contribution in [2.24, 2.45) is 0 Å². The lowest BCUT2D eigenvalue weighted by Gasteiger charge is -2.39. The average molecular weight is 748 g/mol. The Morgan fingerprint density at radius 3 is 1.67 bits per heavy atom. The second-order valence-electron chi connectivity index (χ2n) is 15.1. The highest BCUT2D eigenvalue weighted by Gasteiger charge is 2.51. The summed E-state index contributed by atoms with van der Waals surface area (Å²) in [6.07, 6.45) is 0. The summed E-state index contributed by atoms with van der Waals surface area (Å²) in [5.74, 6) is 1.74. The lowest BCUT2D eigenvalue weighted by molar-refractivity contribution is 0.437. The van der Waals surface area contributed by atoms with Crippen LogP contribution in [0, 0.1) is 0 Å². The highest BCUT2D eigenvalue weighted by molar-refractivity contribution is 7.85. The summed E-state index contributed by atoms with van der Waals surface area (Å²) in [5, 5.41) is 7.12. The van der Waals surface area contributed by atoms with E-state index in [0.717, 1.165) is 60.6 Å². The molecular weight excluding hydrogens is 714 g/mol. The van der Waals surface area contributed by atoms with Gasteiger partial charge in [-0.2, -0.15) is 0 Å². The average Bonchev–Trinajstić information content (AvgIpc) is 3.77. The van der Waals surface area contributed by atoms with Crippen LogP contribution in [0.1, 0.15) is 22.3 Å². The summed E-state index contributed by atoms with van der Waals surface area (Å²) >= 11 is 0. The first-order valence-electron chi connectivity index (χ1n) is 19.4. The first-order valence-corrected chi connectivity index (χ1v) is 21.2. The molecule has 12 rings (SSSR count). The van der Waals surface area contributed by atoms with E-state index in [4.69, 9.17) is 4.74 Å². The quantitative estimate of drug-likeness (QED) is 0.168. The third-order valence-electron chi connectivity index (χ3n) is 12.3. The smallest absolute Gasteiger partial charge is 0.171 e. The zero-order chi connectivity index (χ0) is 37.7. The number of ether oxygens (including phenoxy) is 1. The number of para-hydroxylation sites is 1. The molecule has 4 heteroatoms. The lowest BCUT2D eigenvalue weighted by Crippen LogP contribution is -2.32. The summed E-state index contributed by atoms with van der Waals surface area (Å²) in [6.45, 7) is 0. The molecule has 0 fully saturated rings. The van der Waals surface area contributed by atoms with Crippen molar-refractivity contribution in [1.29, 1.82) is 0 Å². The van der Waals surface area contributed by atoms with Crippen molar-refractivity contribution in [1.82, 2.24) is 4.57 Å². The van der Waals surface area contributed by atoms with E-state index in [-0.39, 0.29) is 0 Å². The molecule has 1 spiro atoms. The molecule has 1 aliphatic carbocycles. The van der Waals surface area contributed by atoms with Gasteiger partial charge in [0.2, 0.25) is 0 Å². The maximum absolute atomic E-state index is 15.4. The fourth-order valence-electron chi connectivity index (χ4n) is 9.95. The topological polar surface area (TPSA) is 31.2 Å². The molecule has 268 valence electrons. The first kappa shape index (κ1) is 32.3. The number of aromatic nitrogens is 1. The molecule has 0 unspecified atom stereocenters. The molecule has 0 atom stereocenters. The van der Waals surface area contributed by atoms with E-state index in [1.54, 1.807) is 0 Å². The minimum Gasteiger partial charge on any atom is -0.457 e. The number of hydrogen-bond donors (Lipinski definition) is 0. The first-order chi connectivity index (χ1) is 28.2. The van der Waals surface area contributed by atoms with Crippen LogP contribution in [0.25, 0.3) is 49.4 Å². The van der Waals surface area contributed by atoms with Crippen molar-refractivity contribution in [3.63, 3.8) is 0 Å². The summed E-state index contributed by atoms with van der Waals surface area (Å²) < 4.78 is 24.7. The minimum absolute atomic E-state index is 0.587. The highest BCUT2D eigenvalue weighted by Crippen LogP contribution is 2.62. The molecule has 0 bridgehead atoms. The lowest BCUT2D eigenvalue weighted by atomic mass is 9.66. The largest absolute Gasteiger partial charge is 0.457 e. The van der Waals surface area contributed by atoms with E-state index < -0.39 is 12.6 Å². The molecule has 3 nitrogen and oxygen atoms in total. The Bertz CT molecular complexity index is 3200. The molecule has 2 aliphatic rings. The monoisotopic (exact) mass is 747 g/mol. The molecule has 0 saturated carbocycles. The van der Waals surface area contributed by atoms with Crippen LogP contribution in [0.3, 0.4) is 0 Å². The second kappa shape index (κ2) is 12.0. The van der Waals surface area contributed by atoms with Crippen LogP contribution in [0.2, 0.25) is 0 Å². The Balaban J connectivity index is 1.16. The number of nitrogens with zero attached hydrogens (tertiary/aromatic N) is 1. The van der Waals surface area contributed by atoms with Gasteiger partial charge in [0.1, 0.15) is 11.5 Å². The van der Waals surface area contributed by atoms with E-state index in [1.807, 2.05) is 60.7 Å². The number of fused-ring (bicyclic) bond motifs is 14. The molecule has 10 aromatic rings. The van der Waals surface area contributed by atoms with Gasteiger partial charge in [-0.25, -0.2) is 0 Å². The summed E-state index contributed by atoms with van der Waals surface area (Å²) in [7, 11) is -3.16.